The van der Waals surface area contributed by atoms with Crippen LogP contribution in [-0.2, 0) is 6.18 Å². The minimum atomic E-state index is -4.37. The van der Waals surface area contributed by atoms with Gasteiger partial charge in [-0.15, -0.1) is 0 Å². The lowest BCUT2D eigenvalue weighted by Gasteiger charge is -2.06. The molecular weight excluding hydrogens is 435 g/mol. The Morgan fingerprint density at radius 3 is 2.07 bits per heavy atom. The van der Waals surface area contributed by atoms with Crippen molar-refractivity contribution in [3.05, 3.63) is 94.0 Å². The monoisotopic (exact) mass is 447 g/mol. The van der Waals surface area contributed by atoms with Crippen LogP contribution in [0.15, 0.2) is 82.3 Å². The fourth-order valence-electron chi connectivity index (χ4n) is 2.26. The number of nitrogens with zero attached hydrogens (tertiary/aromatic N) is 1. The number of esters is 1. The van der Waals surface area contributed by atoms with Crippen molar-refractivity contribution >= 4 is 33.8 Å². The van der Waals surface area contributed by atoms with Crippen molar-refractivity contribution in [3.8, 4) is 5.75 Å². The topological polar surface area (TPSA) is 38.7 Å². The molecule has 0 fully saturated rings. The van der Waals surface area contributed by atoms with Crippen LogP contribution in [0.1, 0.15) is 21.5 Å². The third kappa shape index (κ3) is 5.29. The summed E-state index contributed by atoms with van der Waals surface area (Å²) in [7, 11) is 0. The van der Waals surface area contributed by atoms with Gasteiger partial charge in [0, 0.05) is 10.7 Å². The highest BCUT2D eigenvalue weighted by Gasteiger charge is 2.29. The Kier molecular flexibility index (Phi) is 5.94. The summed E-state index contributed by atoms with van der Waals surface area (Å²) in [5, 5.41) is 0. The molecule has 0 bridgehead atoms. The summed E-state index contributed by atoms with van der Waals surface area (Å²) in [4.78, 5) is 16.2. The zero-order valence-electron chi connectivity index (χ0n) is 14.3. The van der Waals surface area contributed by atoms with E-state index >= 15 is 0 Å². The van der Waals surface area contributed by atoms with Gasteiger partial charge in [-0.05, 0) is 78.4 Å². The molecule has 7 heteroatoms. The summed E-state index contributed by atoms with van der Waals surface area (Å²) >= 11 is 3.30. The summed E-state index contributed by atoms with van der Waals surface area (Å²) in [5.41, 5.74) is 0.821. The third-order valence-electron chi connectivity index (χ3n) is 3.73. The van der Waals surface area contributed by atoms with Gasteiger partial charge >= 0.3 is 12.1 Å². The first-order valence-electron chi connectivity index (χ1n) is 8.10. The van der Waals surface area contributed by atoms with Gasteiger partial charge in [0.05, 0.1) is 16.8 Å². The Morgan fingerprint density at radius 1 is 0.893 bits per heavy atom. The Balaban J connectivity index is 1.63. The SMILES string of the molecule is O=C(Oc1ccc(C=Nc2ccc(C(F)(F)F)cc2)cc1)c1ccc(Br)cc1. The van der Waals surface area contributed by atoms with Gasteiger partial charge in [0.15, 0.2) is 0 Å². The average Bonchev–Trinajstić information content (AvgIpc) is 2.67. The van der Waals surface area contributed by atoms with Crippen molar-refractivity contribution in [2.75, 3.05) is 0 Å². The predicted molar refractivity (Wildman–Crippen MR) is 104 cm³/mol. The molecule has 0 atom stereocenters. The number of hydrogen-bond acceptors (Lipinski definition) is 3. The van der Waals surface area contributed by atoms with E-state index in [-0.39, 0.29) is 0 Å². The third-order valence-corrected chi connectivity index (χ3v) is 4.26. The highest BCUT2D eigenvalue weighted by Crippen LogP contribution is 2.30. The lowest BCUT2D eigenvalue weighted by molar-refractivity contribution is -0.137. The summed E-state index contributed by atoms with van der Waals surface area (Å²) in [6.07, 6.45) is -2.85. The second-order valence-electron chi connectivity index (χ2n) is 5.77. The number of rotatable bonds is 4. The lowest BCUT2D eigenvalue weighted by Crippen LogP contribution is -2.08. The maximum Gasteiger partial charge on any atom is 0.416 e. The van der Waals surface area contributed by atoms with Gasteiger partial charge < -0.3 is 4.74 Å². The molecule has 0 heterocycles. The molecule has 28 heavy (non-hydrogen) atoms. The largest absolute Gasteiger partial charge is 0.423 e. The molecule has 0 aliphatic rings. The molecule has 0 aromatic heterocycles. The van der Waals surface area contributed by atoms with E-state index in [0.29, 0.717) is 22.6 Å². The molecule has 0 spiro atoms. The molecule has 0 saturated carbocycles. The van der Waals surface area contributed by atoms with Gasteiger partial charge in [0.1, 0.15) is 5.75 Å². The van der Waals surface area contributed by atoms with Gasteiger partial charge in [-0.25, -0.2) is 4.79 Å². The number of benzene rings is 3. The highest BCUT2D eigenvalue weighted by molar-refractivity contribution is 9.10. The summed E-state index contributed by atoms with van der Waals surface area (Å²) in [6.45, 7) is 0. The Labute approximate surface area is 167 Å². The molecule has 0 amide bonds. The predicted octanol–water partition coefficient (Wildman–Crippen LogP) is 6.44. The molecule has 0 N–H and O–H groups in total. The molecule has 3 rings (SSSR count). The van der Waals surface area contributed by atoms with Gasteiger partial charge in [0.25, 0.3) is 0 Å². The van der Waals surface area contributed by atoms with Crippen molar-refractivity contribution in [1.29, 1.82) is 0 Å². The van der Waals surface area contributed by atoms with Gasteiger partial charge in [-0.2, -0.15) is 13.2 Å². The van der Waals surface area contributed by atoms with Crippen LogP contribution in [0, 0.1) is 0 Å². The van der Waals surface area contributed by atoms with E-state index in [4.69, 9.17) is 4.74 Å². The van der Waals surface area contributed by atoms with Crippen LogP contribution in [-0.4, -0.2) is 12.2 Å². The van der Waals surface area contributed by atoms with E-state index in [1.54, 1.807) is 48.5 Å². The minimum Gasteiger partial charge on any atom is -0.423 e. The van der Waals surface area contributed by atoms with Crippen LogP contribution in [0.2, 0.25) is 0 Å². The lowest BCUT2D eigenvalue weighted by atomic mass is 10.2. The number of hydrogen-bond donors (Lipinski definition) is 0. The Hall–Kier alpha value is -2.93. The number of aliphatic imine (C=N–C) groups is 1. The van der Waals surface area contributed by atoms with Crippen LogP contribution in [0.25, 0.3) is 0 Å². The van der Waals surface area contributed by atoms with Crippen LogP contribution >= 0.6 is 15.9 Å². The van der Waals surface area contributed by atoms with E-state index in [9.17, 15) is 18.0 Å². The van der Waals surface area contributed by atoms with Gasteiger partial charge in [-0.1, -0.05) is 15.9 Å². The van der Waals surface area contributed by atoms with E-state index < -0.39 is 17.7 Å². The first-order valence-corrected chi connectivity index (χ1v) is 8.90. The van der Waals surface area contributed by atoms with E-state index in [1.807, 2.05) is 0 Å². The molecular formula is C21H13BrF3NO2. The first-order chi connectivity index (χ1) is 13.3. The molecule has 142 valence electrons. The number of halogens is 4. The second-order valence-corrected chi connectivity index (χ2v) is 6.68. The fourth-order valence-corrected chi connectivity index (χ4v) is 2.52. The smallest absolute Gasteiger partial charge is 0.416 e. The van der Waals surface area contributed by atoms with E-state index in [0.717, 1.165) is 16.6 Å². The van der Waals surface area contributed by atoms with Crippen molar-refractivity contribution in [2.45, 2.75) is 6.18 Å². The maximum atomic E-state index is 12.5. The number of alkyl halides is 3. The van der Waals surface area contributed by atoms with Crippen LogP contribution in [0.4, 0.5) is 18.9 Å². The minimum absolute atomic E-state index is 0.375. The molecule has 3 nitrogen and oxygen atoms in total. The zero-order chi connectivity index (χ0) is 20.1. The summed E-state index contributed by atoms with van der Waals surface area (Å²) < 4.78 is 43.8. The van der Waals surface area contributed by atoms with Crippen molar-refractivity contribution in [1.82, 2.24) is 0 Å². The zero-order valence-corrected chi connectivity index (χ0v) is 15.9. The molecule has 0 aliphatic carbocycles. The summed E-state index contributed by atoms with van der Waals surface area (Å²) in [5.74, 6) is -0.0988. The second kappa shape index (κ2) is 8.39. The number of ether oxygens (including phenoxy) is 1. The molecule has 0 unspecified atom stereocenters. The molecule has 3 aromatic rings. The summed E-state index contributed by atoms with van der Waals surface area (Å²) in [6, 6.07) is 18.0. The van der Waals surface area contributed by atoms with Crippen molar-refractivity contribution in [3.63, 3.8) is 0 Å². The first kappa shape index (κ1) is 19.8. The fraction of sp³-hybridized carbons (Fsp3) is 0.0476. The standard InChI is InChI=1S/C21H13BrF3NO2/c22-17-7-3-15(4-8-17)20(27)28-19-11-1-14(2-12-19)13-26-18-9-5-16(6-10-18)21(23,24)25/h1-13H. The average molecular weight is 448 g/mol. The van der Waals surface area contributed by atoms with Crippen LogP contribution in [0.3, 0.4) is 0 Å². The number of carbonyl (C=O) groups excluding carboxylic acids is 1. The molecule has 3 aromatic carbocycles. The van der Waals surface area contributed by atoms with E-state index in [2.05, 4.69) is 20.9 Å². The quantitative estimate of drug-likeness (QED) is 0.262. The van der Waals surface area contributed by atoms with Crippen molar-refractivity contribution in [2.24, 2.45) is 4.99 Å². The maximum absolute atomic E-state index is 12.5. The van der Waals surface area contributed by atoms with Crippen LogP contribution in [0.5, 0.6) is 5.75 Å². The van der Waals surface area contributed by atoms with Gasteiger partial charge in [0.2, 0.25) is 0 Å². The highest BCUT2D eigenvalue weighted by atomic mass is 79.9. The molecule has 0 aliphatic heterocycles. The van der Waals surface area contributed by atoms with Crippen LogP contribution < -0.4 is 4.74 Å². The Morgan fingerprint density at radius 2 is 1.50 bits per heavy atom. The van der Waals surface area contributed by atoms with Crippen molar-refractivity contribution < 1.29 is 22.7 Å². The van der Waals surface area contributed by atoms with Gasteiger partial charge in [-0.3, -0.25) is 4.99 Å². The normalized spacial score (nSPS) is 11.6. The molecule has 0 saturated heterocycles. The number of carbonyl (C=O) groups is 1. The Bertz CT molecular complexity index is 980. The van der Waals surface area contributed by atoms with E-state index in [1.165, 1.54) is 18.3 Å². The molecule has 0 radical (unpaired) electrons.